The van der Waals surface area contributed by atoms with Gasteiger partial charge in [0.2, 0.25) is 0 Å². The average molecular weight is 314 g/mol. The molecule has 1 aromatic heterocycles. The Morgan fingerprint density at radius 3 is 2.90 bits per heavy atom. The number of alkyl carbamates (subject to hydrolysis) is 1. The van der Waals surface area contributed by atoms with Crippen LogP contribution in [-0.2, 0) is 11.2 Å². The highest BCUT2D eigenvalue weighted by atomic mass is 35.5. The third kappa shape index (κ3) is 3.65. The summed E-state index contributed by atoms with van der Waals surface area (Å²) in [5.74, 6) is 0. The van der Waals surface area contributed by atoms with E-state index in [1.54, 1.807) is 35.4 Å². The third-order valence-electron chi connectivity index (χ3n) is 2.71. The smallest absolute Gasteiger partial charge is 0.408 e. The second kappa shape index (κ2) is 6.63. The van der Waals surface area contributed by atoms with Crippen LogP contribution in [0.2, 0.25) is 10.0 Å². The van der Waals surface area contributed by atoms with Crippen molar-refractivity contribution in [2.75, 3.05) is 7.05 Å². The number of hydrogen-bond donors (Lipinski definition) is 1. The van der Waals surface area contributed by atoms with E-state index in [9.17, 15) is 4.79 Å². The molecular weight excluding hydrogens is 301 g/mol. The maximum absolute atomic E-state index is 11.4. The topological polar surface area (TPSA) is 56.1 Å². The Bertz CT molecular complexity index is 587. The van der Waals surface area contributed by atoms with Crippen molar-refractivity contribution in [3.63, 3.8) is 0 Å². The predicted molar refractivity (Wildman–Crippen MR) is 77.0 cm³/mol. The van der Waals surface area contributed by atoms with Crippen LogP contribution in [0, 0.1) is 0 Å². The number of amides is 1. The number of ether oxygens (including phenoxy) is 1. The van der Waals surface area contributed by atoms with Crippen molar-refractivity contribution < 1.29 is 9.53 Å². The summed E-state index contributed by atoms with van der Waals surface area (Å²) >= 11 is 12.0. The van der Waals surface area contributed by atoms with Gasteiger partial charge >= 0.3 is 6.09 Å². The first-order valence-electron chi connectivity index (χ1n) is 5.90. The van der Waals surface area contributed by atoms with Gasteiger partial charge in [0.25, 0.3) is 0 Å². The minimum absolute atomic E-state index is 0.416. The lowest BCUT2D eigenvalue weighted by Crippen LogP contribution is -2.25. The molecule has 20 heavy (non-hydrogen) atoms. The van der Waals surface area contributed by atoms with Gasteiger partial charge in [0.05, 0.1) is 6.33 Å². The largest absolute Gasteiger partial charge is 0.425 e. The molecule has 1 heterocycles. The maximum atomic E-state index is 11.4. The molecule has 2 rings (SSSR count). The highest BCUT2D eigenvalue weighted by Gasteiger charge is 2.17. The summed E-state index contributed by atoms with van der Waals surface area (Å²) < 4.78 is 7.01. The van der Waals surface area contributed by atoms with Crippen molar-refractivity contribution in [3.8, 4) is 0 Å². The first kappa shape index (κ1) is 14.7. The van der Waals surface area contributed by atoms with Crippen molar-refractivity contribution in [1.29, 1.82) is 0 Å². The fourth-order valence-electron chi connectivity index (χ4n) is 1.71. The highest BCUT2D eigenvalue weighted by Crippen LogP contribution is 2.25. The molecule has 0 saturated carbocycles. The summed E-state index contributed by atoms with van der Waals surface area (Å²) in [6, 6.07) is 5.21. The van der Waals surface area contributed by atoms with Crippen LogP contribution in [-0.4, -0.2) is 22.7 Å². The summed E-state index contributed by atoms with van der Waals surface area (Å²) in [4.78, 5) is 15.4. The van der Waals surface area contributed by atoms with Crippen molar-refractivity contribution in [2.24, 2.45) is 0 Å². The number of aromatic nitrogens is 2. The number of halogens is 2. The lowest BCUT2D eigenvalue weighted by molar-refractivity contribution is 0.0572. The normalized spacial score (nSPS) is 11.9. The van der Waals surface area contributed by atoms with Gasteiger partial charge in [-0.15, -0.1) is 0 Å². The molecule has 0 saturated heterocycles. The Labute approximate surface area is 126 Å². The molecule has 7 heteroatoms. The summed E-state index contributed by atoms with van der Waals surface area (Å²) in [7, 11) is 1.50. The number of carbonyl (C=O) groups excluding carboxylic acids is 1. The molecule has 5 nitrogen and oxygen atoms in total. The molecule has 0 aliphatic carbocycles. The fraction of sp³-hybridized carbons (Fsp3) is 0.231. The monoisotopic (exact) mass is 313 g/mol. The average Bonchev–Trinajstić information content (AvgIpc) is 2.94. The number of hydrogen-bond acceptors (Lipinski definition) is 3. The van der Waals surface area contributed by atoms with Crippen LogP contribution < -0.4 is 5.32 Å². The zero-order valence-electron chi connectivity index (χ0n) is 10.7. The Balaban J connectivity index is 2.21. The van der Waals surface area contributed by atoms with Gasteiger partial charge < -0.3 is 14.6 Å². The zero-order valence-corrected chi connectivity index (χ0v) is 12.2. The first-order valence-corrected chi connectivity index (χ1v) is 6.65. The standard InChI is InChI=1S/C13H13Cl2N3O2/c1-16-13(19)20-12(18-5-4-17-8-18)6-9-2-3-10(14)7-11(9)15/h2-5,7-8,12H,6H2,1H3,(H,16,19). The molecule has 2 aromatic rings. The number of carbonyl (C=O) groups is 1. The van der Waals surface area contributed by atoms with E-state index < -0.39 is 12.3 Å². The van der Waals surface area contributed by atoms with Crippen LogP contribution >= 0.6 is 23.2 Å². The number of nitrogens with one attached hydrogen (secondary N) is 1. The van der Waals surface area contributed by atoms with E-state index >= 15 is 0 Å². The van der Waals surface area contributed by atoms with Crippen LogP contribution in [0.3, 0.4) is 0 Å². The maximum Gasteiger partial charge on any atom is 0.408 e. The van der Waals surface area contributed by atoms with E-state index in [0.717, 1.165) is 5.56 Å². The minimum Gasteiger partial charge on any atom is -0.425 e. The van der Waals surface area contributed by atoms with Gasteiger partial charge in [0.15, 0.2) is 6.23 Å². The van der Waals surface area contributed by atoms with Crippen LogP contribution in [0.5, 0.6) is 0 Å². The highest BCUT2D eigenvalue weighted by molar-refractivity contribution is 6.35. The van der Waals surface area contributed by atoms with Gasteiger partial charge in [-0.2, -0.15) is 0 Å². The molecule has 0 bridgehead atoms. The molecule has 0 spiro atoms. The molecule has 0 fully saturated rings. The molecule has 1 amide bonds. The van der Waals surface area contributed by atoms with Gasteiger partial charge in [-0.05, 0) is 17.7 Å². The Kier molecular flexibility index (Phi) is 4.87. The molecular formula is C13H13Cl2N3O2. The number of rotatable bonds is 4. The van der Waals surface area contributed by atoms with Crippen molar-refractivity contribution in [2.45, 2.75) is 12.6 Å². The second-order valence-electron chi connectivity index (χ2n) is 4.06. The molecule has 1 N–H and O–H groups in total. The van der Waals surface area contributed by atoms with E-state index in [1.807, 2.05) is 6.07 Å². The molecule has 0 aliphatic rings. The number of imidazole rings is 1. The van der Waals surface area contributed by atoms with Gasteiger partial charge in [-0.3, -0.25) is 0 Å². The van der Waals surface area contributed by atoms with Crippen molar-refractivity contribution in [1.82, 2.24) is 14.9 Å². The van der Waals surface area contributed by atoms with Gasteiger partial charge in [-0.1, -0.05) is 29.3 Å². The zero-order chi connectivity index (χ0) is 14.5. The van der Waals surface area contributed by atoms with Crippen molar-refractivity contribution in [3.05, 3.63) is 52.5 Å². The fourth-order valence-corrected chi connectivity index (χ4v) is 2.19. The minimum atomic E-state index is -0.531. The van der Waals surface area contributed by atoms with Crippen LogP contribution in [0.25, 0.3) is 0 Å². The number of benzene rings is 1. The van der Waals surface area contributed by atoms with Gasteiger partial charge in [0, 0.05) is 35.9 Å². The predicted octanol–water partition coefficient (Wildman–Crippen LogP) is 3.29. The lowest BCUT2D eigenvalue weighted by atomic mass is 10.1. The van der Waals surface area contributed by atoms with Gasteiger partial charge in [0.1, 0.15) is 0 Å². The molecule has 106 valence electrons. The molecule has 1 atom stereocenters. The summed E-state index contributed by atoms with van der Waals surface area (Å²) in [5, 5.41) is 3.51. The molecule has 1 unspecified atom stereocenters. The van der Waals surface area contributed by atoms with E-state index in [1.165, 1.54) is 7.05 Å². The first-order chi connectivity index (χ1) is 9.60. The Morgan fingerprint density at radius 2 is 2.30 bits per heavy atom. The molecule has 0 radical (unpaired) electrons. The SMILES string of the molecule is CNC(=O)OC(Cc1ccc(Cl)cc1Cl)n1ccnc1. The third-order valence-corrected chi connectivity index (χ3v) is 3.30. The Hall–Kier alpha value is -1.72. The molecule has 0 aliphatic heterocycles. The Morgan fingerprint density at radius 1 is 1.50 bits per heavy atom. The van der Waals surface area contributed by atoms with E-state index in [2.05, 4.69) is 10.3 Å². The number of nitrogens with zero attached hydrogens (tertiary/aromatic N) is 2. The summed E-state index contributed by atoms with van der Waals surface area (Å²) in [5.41, 5.74) is 0.832. The van der Waals surface area contributed by atoms with Crippen LogP contribution in [0.15, 0.2) is 36.9 Å². The quantitative estimate of drug-likeness (QED) is 0.942. The lowest BCUT2D eigenvalue weighted by Gasteiger charge is -2.19. The summed E-state index contributed by atoms with van der Waals surface area (Å²) in [6.07, 6.45) is 4.28. The van der Waals surface area contributed by atoms with Crippen LogP contribution in [0.1, 0.15) is 11.8 Å². The second-order valence-corrected chi connectivity index (χ2v) is 4.90. The van der Waals surface area contributed by atoms with Gasteiger partial charge in [-0.25, -0.2) is 9.78 Å². The van der Waals surface area contributed by atoms with E-state index in [4.69, 9.17) is 27.9 Å². The van der Waals surface area contributed by atoms with E-state index in [0.29, 0.717) is 16.5 Å². The van der Waals surface area contributed by atoms with Crippen LogP contribution in [0.4, 0.5) is 4.79 Å². The molecule has 1 aromatic carbocycles. The summed E-state index contributed by atoms with van der Waals surface area (Å²) in [6.45, 7) is 0. The van der Waals surface area contributed by atoms with Crippen molar-refractivity contribution >= 4 is 29.3 Å². The van der Waals surface area contributed by atoms with E-state index in [-0.39, 0.29) is 0 Å².